The predicted octanol–water partition coefficient (Wildman–Crippen LogP) is 12.6. The Labute approximate surface area is 280 Å². The highest BCUT2D eigenvalue weighted by Gasteiger charge is 2.16. The molecule has 0 aliphatic carbocycles. The fraction of sp³-hybridized carbons (Fsp3) is 0. The molecule has 0 saturated carbocycles. The third-order valence-corrected chi connectivity index (χ3v) is 10.4. The Kier molecular flexibility index (Phi) is 6.05. The summed E-state index contributed by atoms with van der Waals surface area (Å²) in [5.74, 6) is 0.690. The summed E-state index contributed by atoms with van der Waals surface area (Å²) in [5.41, 5.74) is 7.95. The normalized spacial score (nSPS) is 11.8. The monoisotopic (exact) mass is 630 g/mol. The Hall–Kier alpha value is -6.10. The van der Waals surface area contributed by atoms with Crippen LogP contribution in [0.5, 0.6) is 0 Å². The maximum atomic E-state index is 6.31. The molecule has 0 saturated heterocycles. The van der Waals surface area contributed by atoms with Gasteiger partial charge in [-0.25, -0.2) is 9.97 Å². The van der Waals surface area contributed by atoms with Crippen LogP contribution < -0.4 is 0 Å². The van der Waals surface area contributed by atoms with Gasteiger partial charge < -0.3 is 4.42 Å². The molecule has 0 N–H and O–H groups in total. The first-order valence-corrected chi connectivity index (χ1v) is 16.9. The Morgan fingerprint density at radius 3 is 1.94 bits per heavy atom. The second-order valence-electron chi connectivity index (χ2n) is 12.2. The van der Waals surface area contributed by atoms with Crippen molar-refractivity contribution >= 4 is 64.9 Å². The second kappa shape index (κ2) is 10.7. The Balaban J connectivity index is 1.13. The smallest absolute Gasteiger partial charge is 0.160 e. The van der Waals surface area contributed by atoms with Crippen LogP contribution in [-0.2, 0) is 0 Å². The van der Waals surface area contributed by atoms with Gasteiger partial charge in [0.2, 0.25) is 0 Å². The minimum Gasteiger partial charge on any atom is -0.456 e. The van der Waals surface area contributed by atoms with Crippen LogP contribution in [-0.4, -0.2) is 9.97 Å². The molecule has 0 aliphatic heterocycles. The predicted molar refractivity (Wildman–Crippen MR) is 201 cm³/mol. The molecule has 4 heteroatoms. The number of nitrogens with zero attached hydrogens (tertiary/aromatic N) is 2. The van der Waals surface area contributed by atoms with Crippen molar-refractivity contribution in [3.8, 4) is 44.3 Å². The molecule has 0 amide bonds. The van der Waals surface area contributed by atoms with Crippen LogP contribution in [0.15, 0.2) is 162 Å². The van der Waals surface area contributed by atoms with Crippen molar-refractivity contribution < 1.29 is 4.42 Å². The number of rotatable bonds is 4. The first-order valence-electron chi connectivity index (χ1n) is 16.1. The summed E-state index contributed by atoms with van der Waals surface area (Å²) in [6.45, 7) is 0. The van der Waals surface area contributed by atoms with E-state index in [1.54, 1.807) is 11.3 Å². The van der Waals surface area contributed by atoms with E-state index in [-0.39, 0.29) is 0 Å². The summed E-state index contributed by atoms with van der Waals surface area (Å²) in [6, 6.07) is 55.7. The van der Waals surface area contributed by atoms with Gasteiger partial charge in [-0.3, -0.25) is 0 Å². The SMILES string of the molecule is c1ccc2cc3c(cc2c1)oc1ccc(-c2nc(-c4ccc(-c5cccc6ccccc56)cc4)cc(-c4cc5ccccc5s4)n2)cc13. The van der Waals surface area contributed by atoms with E-state index >= 15 is 0 Å². The van der Waals surface area contributed by atoms with Gasteiger partial charge in [-0.15, -0.1) is 11.3 Å². The van der Waals surface area contributed by atoms with Crippen molar-refractivity contribution in [1.29, 1.82) is 0 Å². The van der Waals surface area contributed by atoms with Crippen molar-refractivity contribution in [2.75, 3.05) is 0 Å². The zero-order valence-corrected chi connectivity index (χ0v) is 26.5. The van der Waals surface area contributed by atoms with E-state index in [2.05, 4.69) is 152 Å². The third kappa shape index (κ3) is 4.49. The molecular formula is C44H26N2OS. The zero-order valence-electron chi connectivity index (χ0n) is 25.7. The fourth-order valence-corrected chi connectivity index (χ4v) is 7.88. The van der Waals surface area contributed by atoms with E-state index in [1.807, 2.05) is 6.07 Å². The molecule has 10 rings (SSSR count). The van der Waals surface area contributed by atoms with E-state index in [4.69, 9.17) is 14.4 Å². The highest BCUT2D eigenvalue weighted by Crippen LogP contribution is 2.38. The van der Waals surface area contributed by atoms with E-state index in [1.165, 1.54) is 42.8 Å². The summed E-state index contributed by atoms with van der Waals surface area (Å²) in [5, 5.41) is 8.22. The number of aromatic nitrogens is 2. The lowest BCUT2D eigenvalue weighted by atomic mass is 9.97. The zero-order chi connectivity index (χ0) is 31.6. The number of hydrogen-bond acceptors (Lipinski definition) is 4. The average molecular weight is 631 g/mol. The number of thiophene rings is 1. The molecule has 0 aliphatic rings. The number of fused-ring (bicyclic) bond motifs is 6. The van der Waals surface area contributed by atoms with Crippen LogP contribution >= 0.6 is 11.3 Å². The molecule has 7 aromatic carbocycles. The van der Waals surface area contributed by atoms with Crippen LogP contribution in [0.25, 0.3) is 97.9 Å². The lowest BCUT2D eigenvalue weighted by Crippen LogP contribution is -1.95. The first kappa shape index (κ1) is 27.1. The van der Waals surface area contributed by atoms with Crippen LogP contribution in [0.3, 0.4) is 0 Å². The largest absolute Gasteiger partial charge is 0.456 e. The van der Waals surface area contributed by atoms with Gasteiger partial charge in [-0.2, -0.15) is 0 Å². The van der Waals surface area contributed by atoms with Gasteiger partial charge in [0.15, 0.2) is 5.82 Å². The molecule has 0 atom stereocenters. The maximum Gasteiger partial charge on any atom is 0.160 e. The molecule has 0 bridgehead atoms. The molecule has 10 aromatic rings. The van der Waals surface area contributed by atoms with Crippen LogP contribution in [0.1, 0.15) is 0 Å². The van der Waals surface area contributed by atoms with Gasteiger partial charge in [-0.1, -0.05) is 109 Å². The Morgan fingerprint density at radius 1 is 0.417 bits per heavy atom. The number of furan rings is 1. The summed E-state index contributed by atoms with van der Waals surface area (Å²) < 4.78 is 7.55. The topological polar surface area (TPSA) is 38.9 Å². The van der Waals surface area contributed by atoms with E-state index in [9.17, 15) is 0 Å². The van der Waals surface area contributed by atoms with Crippen molar-refractivity contribution in [3.05, 3.63) is 158 Å². The third-order valence-electron chi connectivity index (χ3n) is 9.28. The summed E-state index contributed by atoms with van der Waals surface area (Å²) in [4.78, 5) is 11.5. The van der Waals surface area contributed by atoms with Gasteiger partial charge in [0.1, 0.15) is 11.2 Å². The van der Waals surface area contributed by atoms with Crippen LogP contribution in [0, 0.1) is 0 Å². The first-order chi connectivity index (χ1) is 23.7. The quantitative estimate of drug-likeness (QED) is 0.194. The van der Waals surface area contributed by atoms with E-state index in [0.29, 0.717) is 5.82 Å². The van der Waals surface area contributed by atoms with Gasteiger partial charge >= 0.3 is 0 Å². The van der Waals surface area contributed by atoms with Gasteiger partial charge in [-0.05, 0) is 86.6 Å². The molecule has 0 radical (unpaired) electrons. The van der Waals surface area contributed by atoms with E-state index in [0.717, 1.165) is 49.3 Å². The van der Waals surface area contributed by atoms with Crippen molar-refractivity contribution in [2.45, 2.75) is 0 Å². The fourth-order valence-electron chi connectivity index (χ4n) is 6.86. The highest BCUT2D eigenvalue weighted by atomic mass is 32.1. The minimum absolute atomic E-state index is 0.690. The Bertz CT molecular complexity index is 2810. The summed E-state index contributed by atoms with van der Waals surface area (Å²) in [6.07, 6.45) is 0. The lowest BCUT2D eigenvalue weighted by Gasteiger charge is -2.10. The van der Waals surface area contributed by atoms with Crippen molar-refractivity contribution in [2.24, 2.45) is 0 Å². The molecule has 48 heavy (non-hydrogen) atoms. The van der Waals surface area contributed by atoms with Crippen LogP contribution in [0.4, 0.5) is 0 Å². The van der Waals surface area contributed by atoms with Gasteiger partial charge in [0.05, 0.1) is 16.3 Å². The van der Waals surface area contributed by atoms with Crippen LogP contribution in [0.2, 0.25) is 0 Å². The van der Waals surface area contributed by atoms with Crippen molar-refractivity contribution in [1.82, 2.24) is 9.97 Å². The van der Waals surface area contributed by atoms with E-state index < -0.39 is 0 Å². The lowest BCUT2D eigenvalue weighted by molar-refractivity contribution is 0.669. The molecule has 224 valence electrons. The Morgan fingerprint density at radius 2 is 1.08 bits per heavy atom. The summed E-state index contributed by atoms with van der Waals surface area (Å²) >= 11 is 1.76. The molecule has 0 unspecified atom stereocenters. The number of hydrogen-bond donors (Lipinski definition) is 0. The van der Waals surface area contributed by atoms with Gasteiger partial charge in [0, 0.05) is 26.6 Å². The maximum absolute atomic E-state index is 6.31. The minimum atomic E-state index is 0.690. The molecular weight excluding hydrogens is 605 g/mol. The average Bonchev–Trinajstić information content (AvgIpc) is 3.75. The number of benzene rings is 7. The molecule has 3 aromatic heterocycles. The molecule has 3 nitrogen and oxygen atoms in total. The highest BCUT2D eigenvalue weighted by molar-refractivity contribution is 7.22. The van der Waals surface area contributed by atoms with Crippen molar-refractivity contribution in [3.63, 3.8) is 0 Å². The standard InChI is InChI=1S/C44H26N2OS/c1-2-10-31-24-41-37(22-30(31)9-1)36-23-33(20-21-40(36)47-41)44-45-38(26-39(46-44)43-25-32-11-4-6-15-42(32)48-43)29-18-16-28(17-19-29)35-14-7-12-27-8-3-5-13-34(27)35/h1-26H. The van der Waals surface area contributed by atoms with Gasteiger partial charge in [0.25, 0.3) is 0 Å². The second-order valence-corrected chi connectivity index (χ2v) is 13.3. The summed E-state index contributed by atoms with van der Waals surface area (Å²) in [7, 11) is 0. The molecule has 3 heterocycles. The molecule has 0 fully saturated rings. The molecule has 0 spiro atoms.